The molecule has 2 amide bonds. The van der Waals surface area contributed by atoms with Crippen LogP contribution in [0.2, 0.25) is 0 Å². The number of urea groups is 1. The molecule has 0 radical (unpaired) electrons. The van der Waals surface area contributed by atoms with E-state index in [2.05, 4.69) is 15.6 Å². The molecule has 1 fully saturated rings. The molecule has 8 heteroatoms. The molecule has 2 atom stereocenters. The van der Waals surface area contributed by atoms with Gasteiger partial charge in [-0.25, -0.2) is 14.6 Å². The smallest absolute Gasteiger partial charge is 0.332 e. The first kappa shape index (κ1) is 15.7. The van der Waals surface area contributed by atoms with Crippen molar-refractivity contribution in [2.24, 2.45) is 0 Å². The third kappa shape index (κ3) is 4.98. The molecular weight excluding hydrogens is 294 g/mol. The number of carboxylic acids is 1. The fourth-order valence-corrected chi connectivity index (χ4v) is 2.78. The van der Waals surface area contributed by atoms with Gasteiger partial charge in [0.15, 0.2) is 6.10 Å². The molecule has 0 aliphatic carbocycles. The number of ether oxygens (including phenoxy) is 1. The molecule has 2 heterocycles. The van der Waals surface area contributed by atoms with Crippen LogP contribution in [0.15, 0.2) is 5.38 Å². The van der Waals surface area contributed by atoms with Crippen LogP contribution in [-0.2, 0) is 16.0 Å². The molecule has 3 N–H and O–H groups in total. The summed E-state index contributed by atoms with van der Waals surface area (Å²) in [5.41, 5.74) is 0.973. The first-order valence-electron chi connectivity index (χ1n) is 6.85. The largest absolute Gasteiger partial charge is 0.479 e. The number of carboxylic acid groups (broad SMARTS) is 1. The summed E-state index contributed by atoms with van der Waals surface area (Å²) in [6.45, 7) is 2.78. The van der Waals surface area contributed by atoms with Gasteiger partial charge in [-0.15, -0.1) is 11.3 Å². The summed E-state index contributed by atoms with van der Waals surface area (Å²) in [6.07, 6.45) is 0.867. The number of nitrogens with zero attached hydrogens (tertiary/aromatic N) is 1. The van der Waals surface area contributed by atoms with Gasteiger partial charge in [-0.3, -0.25) is 0 Å². The van der Waals surface area contributed by atoms with Gasteiger partial charge < -0.3 is 20.5 Å². The van der Waals surface area contributed by atoms with Crippen LogP contribution in [0.25, 0.3) is 0 Å². The van der Waals surface area contributed by atoms with Crippen molar-refractivity contribution in [1.82, 2.24) is 15.6 Å². The maximum Gasteiger partial charge on any atom is 0.332 e. The van der Waals surface area contributed by atoms with Crippen LogP contribution in [0.3, 0.4) is 0 Å². The molecule has 0 aromatic carbocycles. The van der Waals surface area contributed by atoms with Crippen LogP contribution in [0.1, 0.15) is 23.5 Å². The molecule has 21 heavy (non-hydrogen) atoms. The Morgan fingerprint density at radius 2 is 2.29 bits per heavy atom. The van der Waals surface area contributed by atoms with Crippen LogP contribution in [0.5, 0.6) is 0 Å². The van der Waals surface area contributed by atoms with Crippen LogP contribution in [0, 0.1) is 6.92 Å². The van der Waals surface area contributed by atoms with Gasteiger partial charge in [0.05, 0.1) is 16.8 Å². The molecule has 1 saturated heterocycles. The second-order valence-electron chi connectivity index (χ2n) is 4.91. The monoisotopic (exact) mass is 313 g/mol. The summed E-state index contributed by atoms with van der Waals surface area (Å²) < 4.78 is 5.30. The second-order valence-corrected chi connectivity index (χ2v) is 5.97. The lowest BCUT2D eigenvalue weighted by Gasteiger charge is -2.12. The van der Waals surface area contributed by atoms with Gasteiger partial charge >= 0.3 is 12.0 Å². The average molecular weight is 313 g/mol. The highest BCUT2D eigenvalue weighted by atomic mass is 32.1. The van der Waals surface area contributed by atoms with E-state index in [-0.39, 0.29) is 12.1 Å². The predicted molar refractivity (Wildman–Crippen MR) is 77.5 cm³/mol. The molecular formula is C13H19N3O4S. The van der Waals surface area contributed by atoms with E-state index in [9.17, 15) is 9.59 Å². The molecule has 116 valence electrons. The van der Waals surface area contributed by atoms with E-state index >= 15 is 0 Å². The number of hydrogen-bond donors (Lipinski definition) is 3. The first-order valence-corrected chi connectivity index (χ1v) is 7.73. The van der Waals surface area contributed by atoms with Gasteiger partial charge in [0, 0.05) is 24.9 Å². The summed E-state index contributed by atoms with van der Waals surface area (Å²) in [5, 5.41) is 17.2. The van der Waals surface area contributed by atoms with Crippen LogP contribution < -0.4 is 10.6 Å². The van der Waals surface area contributed by atoms with Gasteiger partial charge in [-0.05, 0) is 19.8 Å². The maximum atomic E-state index is 11.6. The lowest BCUT2D eigenvalue weighted by atomic mass is 10.2. The lowest BCUT2D eigenvalue weighted by molar-refractivity contribution is -0.149. The minimum atomic E-state index is -0.944. The first-order chi connectivity index (χ1) is 10.0. The summed E-state index contributed by atoms with van der Waals surface area (Å²) in [5.74, 6) is -0.944. The molecule has 1 aromatic rings. The van der Waals surface area contributed by atoms with Crippen LogP contribution >= 0.6 is 11.3 Å². The van der Waals surface area contributed by atoms with Gasteiger partial charge in [-0.2, -0.15) is 0 Å². The van der Waals surface area contributed by atoms with E-state index in [1.807, 2.05) is 12.3 Å². The van der Waals surface area contributed by atoms with E-state index in [1.165, 1.54) is 0 Å². The quantitative estimate of drug-likeness (QED) is 0.725. The van der Waals surface area contributed by atoms with Crippen molar-refractivity contribution in [2.45, 2.75) is 38.4 Å². The number of nitrogens with one attached hydrogen (secondary N) is 2. The molecule has 2 unspecified atom stereocenters. The molecule has 1 aliphatic rings. The number of thiazole rings is 1. The van der Waals surface area contributed by atoms with Gasteiger partial charge in [0.1, 0.15) is 0 Å². The van der Waals surface area contributed by atoms with Crippen LogP contribution in [-0.4, -0.2) is 47.4 Å². The SMILES string of the molecule is Cc1nc(CCNC(=O)NCC2CCC(C(=O)O)O2)cs1. The number of carbonyl (C=O) groups excluding carboxylic acids is 1. The van der Waals surface area contributed by atoms with Crippen LogP contribution in [0.4, 0.5) is 4.79 Å². The number of aromatic nitrogens is 1. The molecule has 0 saturated carbocycles. The van der Waals surface area contributed by atoms with E-state index in [0.717, 1.165) is 10.7 Å². The zero-order valence-corrected chi connectivity index (χ0v) is 12.6. The van der Waals surface area contributed by atoms with E-state index in [0.29, 0.717) is 32.4 Å². The molecule has 0 spiro atoms. The van der Waals surface area contributed by atoms with Crippen molar-refractivity contribution in [1.29, 1.82) is 0 Å². The zero-order valence-electron chi connectivity index (χ0n) is 11.8. The second kappa shape index (κ2) is 7.37. The fraction of sp³-hybridized carbons (Fsp3) is 0.615. The Bertz CT molecular complexity index is 505. The van der Waals surface area contributed by atoms with Gasteiger partial charge in [0.2, 0.25) is 0 Å². The Balaban J connectivity index is 1.59. The van der Waals surface area contributed by atoms with Crippen molar-refractivity contribution in [3.8, 4) is 0 Å². The number of hydrogen-bond acceptors (Lipinski definition) is 5. The molecule has 7 nitrogen and oxygen atoms in total. The number of carbonyl (C=O) groups is 2. The number of rotatable bonds is 6. The third-order valence-electron chi connectivity index (χ3n) is 3.21. The van der Waals surface area contributed by atoms with Crippen molar-refractivity contribution in [3.63, 3.8) is 0 Å². The fourth-order valence-electron chi connectivity index (χ4n) is 2.13. The minimum Gasteiger partial charge on any atom is -0.479 e. The van der Waals surface area contributed by atoms with Gasteiger partial charge in [-0.1, -0.05) is 0 Å². The highest BCUT2D eigenvalue weighted by molar-refractivity contribution is 7.09. The average Bonchev–Trinajstić information content (AvgIpc) is 3.05. The lowest BCUT2D eigenvalue weighted by Crippen LogP contribution is -2.40. The predicted octanol–water partition coefficient (Wildman–Crippen LogP) is 0.925. The third-order valence-corrected chi connectivity index (χ3v) is 4.03. The highest BCUT2D eigenvalue weighted by Crippen LogP contribution is 2.19. The highest BCUT2D eigenvalue weighted by Gasteiger charge is 2.30. The normalized spacial score (nSPS) is 21.2. The van der Waals surface area contributed by atoms with E-state index in [4.69, 9.17) is 9.84 Å². The Kier molecular flexibility index (Phi) is 5.51. The molecule has 0 bridgehead atoms. The number of amides is 2. The number of aliphatic carboxylic acids is 1. The molecule has 1 aliphatic heterocycles. The minimum absolute atomic E-state index is 0.224. The summed E-state index contributed by atoms with van der Waals surface area (Å²) >= 11 is 1.59. The van der Waals surface area contributed by atoms with Crippen molar-refractivity contribution < 1.29 is 19.4 Å². The maximum absolute atomic E-state index is 11.6. The summed E-state index contributed by atoms with van der Waals surface area (Å²) in [4.78, 5) is 26.6. The topological polar surface area (TPSA) is 101 Å². The van der Waals surface area contributed by atoms with E-state index < -0.39 is 12.1 Å². The Hall–Kier alpha value is -1.67. The Labute approximate surface area is 126 Å². The Morgan fingerprint density at radius 3 is 2.90 bits per heavy atom. The molecule has 1 aromatic heterocycles. The van der Waals surface area contributed by atoms with Crippen molar-refractivity contribution in [3.05, 3.63) is 16.1 Å². The summed E-state index contributed by atoms with van der Waals surface area (Å²) in [6, 6.07) is -0.274. The van der Waals surface area contributed by atoms with Crippen molar-refractivity contribution >= 4 is 23.3 Å². The zero-order chi connectivity index (χ0) is 15.2. The van der Waals surface area contributed by atoms with Gasteiger partial charge in [0.25, 0.3) is 0 Å². The Morgan fingerprint density at radius 1 is 1.48 bits per heavy atom. The van der Waals surface area contributed by atoms with E-state index in [1.54, 1.807) is 11.3 Å². The van der Waals surface area contributed by atoms with Crippen molar-refractivity contribution in [2.75, 3.05) is 13.1 Å². The molecule has 2 rings (SSSR count). The standard InChI is InChI=1S/C13H19N3O4S/c1-8-16-9(7-21-8)4-5-14-13(19)15-6-10-2-3-11(20-10)12(17)18/h7,10-11H,2-6H2,1H3,(H,17,18)(H2,14,15,19). The number of aryl methyl sites for hydroxylation is 1. The summed E-state index contributed by atoms with van der Waals surface area (Å²) in [7, 11) is 0.